The molecule has 0 bridgehead atoms. The van der Waals surface area contributed by atoms with Crippen molar-refractivity contribution in [1.82, 2.24) is 4.57 Å². The fraction of sp³-hybridized carbons (Fsp3) is 0.214. The molecule has 0 saturated carbocycles. The lowest BCUT2D eigenvalue weighted by molar-refractivity contribution is 1.01. The third-order valence-corrected chi connectivity index (χ3v) is 3.12. The molecule has 0 saturated heterocycles. The Kier molecular flexibility index (Phi) is 2.64. The van der Waals surface area contributed by atoms with Gasteiger partial charge < -0.3 is 5.73 Å². The van der Waals surface area contributed by atoms with Gasteiger partial charge in [-0.15, -0.1) is 0 Å². The molecule has 2 N–H and O–H groups in total. The van der Waals surface area contributed by atoms with Crippen LogP contribution in [0.2, 0.25) is 0 Å². The van der Waals surface area contributed by atoms with Crippen molar-refractivity contribution in [2.24, 2.45) is 0 Å². The summed E-state index contributed by atoms with van der Waals surface area (Å²) in [6, 6.07) is 10.2. The fourth-order valence-electron chi connectivity index (χ4n) is 2.07. The number of nitriles is 1. The second kappa shape index (κ2) is 3.99. The number of hydrogen-bond acceptors (Lipinski definition) is 2. The fourth-order valence-corrected chi connectivity index (χ4v) is 2.07. The molecule has 0 unspecified atom stereocenters. The monoisotopic (exact) mass is 225 g/mol. The molecule has 3 nitrogen and oxygen atoms in total. The average Bonchev–Trinajstić information content (AvgIpc) is 2.50. The van der Waals surface area contributed by atoms with Crippen LogP contribution >= 0.6 is 0 Å². The molecule has 17 heavy (non-hydrogen) atoms. The van der Waals surface area contributed by atoms with Crippen LogP contribution in [0.5, 0.6) is 0 Å². The minimum atomic E-state index is 0.521. The number of rotatable bonds is 1. The largest absolute Gasteiger partial charge is 0.384 e. The van der Waals surface area contributed by atoms with Crippen LogP contribution in [0.1, 0.15) is 22.4 Å². The standard InChI is InChI=1S/C14H15N3/c1-9-5-4-6-12(7-9)17-11(3)10(2)13(8-15)14(17)16/h4-7H,16H2,1-3H3. The van der Waals surface area contributed by atoms with E-state index in [0.717, 1.165) is 16.9 Å². The summed E-state index contributed by atoms with van der Waals surface area (Å²) in [5.41, 5.74) is 10.8. The maximum Gasteiger partial charge on any atom is 0.126 e. The number of anilines is 1. The SMILES string of the molecule is Cc1cccc(-n2c(C)c(C)c(C#N)c2N)c1. The van der Waals surface area contributed by atoms with Crippen molar-refractivity contribution in [3.63, 3.8) is 0 Å². The van der Waals surface area contributed by atoms with Crippen molar-refractivity contribution in [3.8, 4) is 11.8 Å². The van der Waals surface area contributed by atoms with E-state index >= 15 is 0 Å². The molecule has 1 heterocycles. The molecule has 0 radical (unpaired) electrons. The molecule has 3 heteroatoms. The molecule has 2 aromatic rings. The summed E-state index contributed by atoms with van der Waals surface area (Å²) in [6.45, 7) is 5.95. The molecule has 0 atom stereocenters. The number of aryl methyl sites for hydroxylation is 1. The Bertz CT molecular complexity index is 615. The minimum absolute atomic E-state index is 0.521. The molecule has 0 spiro atoms. The third-order valence-electron chi connectivity index (χ3n) is 3.12. The predicted octanol–water partition coefficient (Wildman–Crippen LogP) is 2.86. The molecule has 0 aliphatic heterocycles. The van der Waals surface area contributed by atoms with E-state index in [-0.39, 0.29) is 0 Å². The molecule has 0 aliphatic carbocycles. The van der Waals surface area contributed by atoms with Gasteiger partial charge in [0, 0.05) is 11.4 Å². The number of hydrogen-bond donors (Lipinski definition) is 1. The van der Waals surface area contributed by atoms with Crippen LogP contribution in [0.3, 0.4) is 0 Å². The Balaban J connectivity index is 2.73. The van der Waals surface area contributed by atoms with Gasteiger partial charge in [0.1, 0.15) is 11.9 Å². The van der Waals surface area contributed by atoms with Crippen molar-refractivity contribution >= 4 is 5.82 Å². The number of nitrogen functional groups attached to an aromatic ring is 1. The Hall–Kier alpha value is -2.21. The van der Waals surface area contributed by atoms with Gasteiger partial charge in [0.25, 0.3) is 0 Å². The Morgan fingerprint density at radius 1 is 1.24 bits per heavy atom. The Morgan fingerprint density at radius 2 is 1.94 bits per heavy atom. The lowest BCUT2D eigenvalue weighted by Gasteiger charge is -2.09. The lowest BCUT2D eigenvalue weighted by atomic mass is 10.2. The molecule has 1 aromatic heterocycles. The Labute approximate surface area is 101 Å². The predicted molar refractivity (Wildman–Crippen MR) is 69.1 cm³/mol. The molecule has 0 fully saturated rings. The first-order chi connectivity index (χ1) is 8.06. The summed E-state index contributed by atoms with van der Waals surface area (Å²) in [5.74, 6) is 0.521. The zero-order valence-corrected chi connectivity index (χ0v) is 10.3. The summed E-state index contributed by atoms with van der Waals surface area (Å²) >= 11 is 0. The van der Waals surface area contributed by atoms with Gasteiger partial charge >= 0.3 is 0 Å². The van der Waals surface area contributed by atoms with Crippen LogP contribution in [0.4, 0.5) is 5.82 Å². The number of nitrogens with two attached hydrogens (primary N) is 1. The van der Waals surface area contributed by atoms with Gasteiger partial charge in [0.2, 0.25) is 0 Å². The second-order valence-corrected chi connectivity index (χ2v) is 4.26. The van der Waals surface area contributed by atoms with E-state index < -0.39 is 0 Å². The molecule has 86 valence electrons. The van der Waals surface area contributed by atoms with Crippen LogP contribution in [-0.4, -0.2) is 4.57 Å². The molecular weight excluding hydrogens is 210 g/mol. The normalized spacial score (nSPS) is 10.2. The molecule has 0 aliphatic rings. The molecule has 1 aromatic carbocycles. The van der Waals surface area contributed by atoms with E-state index in [0.29, 0.717) is 11.4 Å². The number of benzene rings is 1. The highest BCUT2D eigenvalue weighted by molar-refractivity contribution is 5.62. The highest BCUT2D eigenvalue weighted by atomic mass is 15.1. The van der Waals surface area contributed by atoms with Gasteiger partial charge in [0.05, 0.1) is 5.56 Å². The average molecular weight is 225 g/mol. The van der Waals surface area contributed by atoms with E-state index in [4.69, 9.17) is 11.0 Å². The quantitative estimate of drug-likeness (QED) is 0.811. The van der Waals surface area contributed by atoms with E-state index in [2.05, 4.69) is 12.1 Å². The van der Waals surface area contributed by atoms with Gasteiger partial charge in [-0.2, -0.15) is 5.26 Å². The topological polar surface area (TPSA) is 54.7 Å². The summed E-state index contributed by atoms with van der Waals surface area (Å²) in [6.07, 6.45) is 0. The molecular formula is C14H15N3. The zero-order chi connectivity index (χ0) is 12.6. The maximum absolute atomic E-state index is 9.10. The van der Waals surface area contributed by atoms with E-state index in [1.807, 2.05) is 43.5 Å². The molecule has 2 rings (SSSR count). The Morgan fingerprint density at radius 3 is 2.47 bits per heavy atom. The van der Waals surface area contributed by atoms with Crippen molar-refractivity contribution in [3.05, 3.63) is 46.6 Å². The lowest BCUT2D eigenvalue weighted by Crippen LogP contribution is -2.02. The zero-order valence-electron chi connectivity index (χ0n) is 10.3. The maximum atomic E-state index is 9.10. The smallest absolute Gasteiger partial charge is 0.126 e. The highest BCUT2D eigenvalue weighted by Crippen LogP contribution is 2.27. The van der Waals surface area contributed by atoms with Crippen molar-refractivity contribution < 1.29 is 0 Å². The van der Waals surface area contributed by atoms with Crippen molar-refractivity contribution in [1.29, 1.82) is 5.26 Å². The number of aromatic nitrogens is 1. The number of nitrogens with zero attached hydrogens (tertiary/aromatic N) is 2. The van der Waals surface area contributed by atoms with Gasteiger partial charge in [-0.3, -0.25) is 4.57 Å². The molecule has 0 amide bonds. The van der Waals surface area contributed by atoms with Gasteiger partial charge in [-0.05, 0) is 44.0 Å². The summed E-state index contributed by atoms with van der Waals surface area (Å²) < 4.78 is 1.93. The van der Waals surface area contributed by atoms with Crippen molar-refractivity contribution in [2.45, 2.75) is 20.8 Å². The first-order valence-corrected chi connectivity index (χ1v) is 5.50. The van der Waals surface area contributed by atoms with Crippen LogP contribution in [0, 0.1) is 32.1 Å². The summed E-state index contributed by atoms with van der Waals surface area (Å²) in [4.78, 5) is 0. The third kappa shape index (κ3) is 1.68. The van der Waals surface area contributed by atoms with Crippen molar-refractivity contribution in [2.75, 3.05) is 5.73 Å². The van der Waals surface area contributed by atoms with Crippen LogP contribution in [-0.2, 0) is 0 Å². The summed E-state index contributed by atoms with van der Waals surface area (Å²) in [7, 11) is 0. The van der Waals surface area contributed by atoms with Gasteiger partial charge in [-0.25, -0.2) is 0 Å². The van der Waals surface area contributed by atoms with E-state index in [9.17, 15) is 0 Å². The second-order valence-electron chi connectivity index (χ2n) is 4.26. The first kappa shape index (κ1) is 11.3. The van der Waals surface area contributed by atoms with Gasteiger partial charge in [-0.1, -0.05) is 12.1 Å². The van der Waals surface area contributed by atoms with Crippen LogP contribution < -0.4 is 5.73 Å². The van der Waals surface area contributed by atoms with Gasteiger partial charge in [0.15, 0.2) is 0 Å². The van der Waals surface area contributed by atoms with E-state index in [1.165, 1.54) is 5.56 Å². The van der Waals surface area contributed by atoms with E-state index in [1.54, 1.807) is 0 Å². The van der Waals surface area contributed by atoms with Crippen LogP contribution in [0.15, 0.2) is 24.3 Å². The first-order valence-electron chi connectivity index (χ1n) is 5.50. The highest BCUT2D eigenvalue weighted by Gasteiger charge is 2.15. The van der Waals surface area contributed by atoms with Crippen LogP contribution in [0.25, 0.3) is 5.69 Å². The summed E-state index contributed by atoms with van der Waals surface area (Å²) in [5, 5.41) is 9.10. The minimum Gasteiger partial charge on any atom is -0.384 e.